The van der Waals surface area contributed by atoms with E-state index >= 15 is 0 Å². The van der Waals surface area contributed by atoms with Gasteiger partial charge in [-0.15, -0.1) is 0 Å². The maximum Gasteiger partial charge on any atom is 0.243 e. The summed E-state index contributed by atoms with van der Waals surface area (Å²) < 4.78 is 5.74. The van der Waals surface area contributed by atoms with Gasteiger partial charge in [-0.1, -0.05) is 19.3 Å². The molecule has 0 aromatic heterocycles. The summed E-state index contributed by atoms with van der Waals surface area (Å²) in [6.45, 7) is 0.618. The van der Waals surface area contributed by atoms with Crippen LogP contribution in [0.2, 0.25) is 0 Å². The fourth-order valence-corrected chi connectivity index (χ4v) is 5.08. The molecule has 0 radical (unpaired) electrons. The number of carbonyl (C=O) groups is 2. The largest absolute Gasteiger partial charge is 0.381 e. The van der Waals surface area contributed by atoms with E-state index < -0.39 is 0 Å². The van der Waals surface area contributed by atoms with Gasteiger partial charge in [0.05, 0.1) is 12.6 Å². The normalized spacial score (nSPS) is 36.2. The van der Waals surface area contributed by atoms with Gasteiger partial charge in [0.25, 0.3) is 0 Å². The van der Waals surface area contributed by atoms with E-state index in [0.29, 0.717) is 18.4 Å². The molecule has 2 aliphatic carbocycles. The first kappa shape index (κ1) is 17.7. The predicted octanol–water partition coefficient (Wildman–Crippen LogP) is 1.04. The van der Waals surface area contributed by atoms with Gasteiger partial charge in [0.15, 0.2) is 0 Å². The van der Waals surface area contributed by atoms with Crippen LogP contribution in [0.1, 0.15) is 51.4 Å². The monoisotopic (exact) mass is 337 g/mol. The molecule has 0 aromatic rings. The van der Waals surface area contributed by atoms with Gasteiger partial charge >= 0.3 is 0 Å². The Kier molecular flexibility index (Phi) is 5.76. The topological polar surface area (TPSA) is 84.7 Å². The highest BCUT2D eigenvalue weighted by Gasteiger charge is 2.41. The van der Waals surface area contributed by atoms with Gasteiger partial charge in [0.2, 0.25) is 11.8 Å². The molecule has 136 valence electrons. The van der Waals surface area contributed by atoms with Crippen molar-refractivity contribution in [2.45, 2.75) is 69.6 Å². The van der Waals surface area contributed by atoms with Crippen LogP contribution in [0, 0.1) is 11.8 Å². The number of nitrogens with two attached hydrogens (primary N) is 1. The van der Waals surface area contributed by atoms with Crippen LogP contribution in [0.4, 0.5) is 0 Å². The van der Waals surface area contributed by atoms with E-state index in [1.807, 2.05) is 0 Å². The first-order chi connectivity index (χ1) is 11.6. The molecule has 6 nitrogen and oxygen atoms in total. The molecule has 0 aromatic carbocycles. The molecular formula is C18H31N3O3. The fraction of sp³-hybridized carbons (Fsp3) is 0.889. The minimum atomic E-state index is -0.342. The van der Waals surface area contributed by atoms with Crippen LogP contribution in [0.5, 0.6) is 0 Å². The summed E-state index contributed by atoms with van der Waals surface area (Å²) in [6, 6.07) is -0.177. The van der Waals surface area contributed by atoms with Gasteiger partial charge in [-0.2, -0.15) is 0 Å². The molecule has 2 saturated carbocycles. The van der Waals surface area contributed by atoms with E-state index in [9.17, 15) is 9.59 Å². The number of nitrogens with one attached hydrogen (secondary N) is 1. The molecule has 1 saturated heterocycles. The number of amides is 2. The quantitative estimate of drug-likeness (QED) is 0.803. The Morgan fingerprint density at radius 3 is 2.71 bits per heavy atom. The van der Waals surface area contributed by atoms with Crippen molar-refractivity contribution in [2.75, 3.05) is 20.2 Å². The van der Waals surface area contributed by atoms with E-state index in [1.165, 1.54) is 25.7 Å². The molecule has 3 rings (SSSR count). The number of methoxy groups -OCH3 is 1. The fourth-order valence-electron chi connectivity index (χ4n) is 5.08. The van der Waals surface area contributed by atoms with Crippen molar-refractivity contribution in [3.63, 3.8) is 0 Å². The van der Waals surface area contributed by atoms with Crippen LogP contribution in [0.3, 0.4) is 0 Å². The Labute approximate surface area is 144 Å². The number of nitrogens with zero attached hydrogens (tertiary/aromatic N) is 1. The lowest BCUT2D eigenvalue weighted by molar-refractivity contribution is -0.138. The third kappa shape index (κ3) is 3.59. The van der Waals surface area contributed by atoms with Gasteiger partial charge in [-0.05, 0) is 43.9 Å². The van der Waals surface area contributed by atoms with Crippen LogP contribution < -0.4 is 11.1 Å². The lowest BCUT2D eigenvalue weighted by Crippen LogP contribution is -2.53. The zero-order valence-corrected chi connectivity index (χ0v) is 14.7. The highest BCUT2D eigenvalue weighted by Crippen LogP contribution is 2.41. The first-order valence-corrected chi connectivity index (χ1v) is 9.46. The Morgan fingerprint density at radius 1 is 1.17 bits per heavy atom. The molecule has 1 heterocycles. The molecule has 5 unspecified atom stereocenters. The van der Waals surface area contributed by atoms with Crippen molar-refractivity contribution in [3.8, 4) is 0 Å². The zero-order valence-electron chi connectivity index (χ0n) is 14.7. The third-order valence-corrected chi connectivity index (χ3v) is 6.25. The number of hydrogen-bond donors (Lipinski definition) is 2. The molecule has 2 amide bonds. The molecule has 3 aliphatic rings. The highest BCUT2D eigenvalue weighted by molar-refractivity contribution is 5.89. The molecule has 24 heavy (non-hydrogen) atoms. The van der Waals surface area contributed by atoms with E-state index in [0.717, 1.165) is 25.7 Å². The molecule has 3 N–H and O–H groups in total. The second kappa shape index (κ2) is 7.83. The molecule has 6 heteroatoms. The highest BCUT2D eigenvalue weighted by atomic mass is 16.5. The van der Waals surface area contributed by atoms with Gasteiger partial charge < -0.3 is 20.7 Å². The van der Waals surface area contributed by atoms with E-state index in [4.69, 9.17) is 10.5 Å². The number of ether oxygens (including phenoxy) is 1. The molecular weight excluding hydrogens is 306 g/mol. The van der Waals surface area contributed by atoms with Crippen molar-refractivity contribution in [3.05, 3.63) is 0 Å². The molecule has 3 fully saturated rings. The van der Waals surface area contributed by atoms with Gasteiger partial charge in [-0.25, -0.2) is 0 Å². The van der Waals surface area contributed by atoms with Crippen molar-refractivity contribution < 1.29 is 14.3 Å². The first-order valence-electron chi connectivity index (χ1n) is 9.46. The second-order valence-electron chi connectivity index (χ2n) is 7.61. The van der Waals surface area contributed by atoms with Crippen molar-refractivity contribution in [1.82, 2.24) is 10.2 Å². The van der Waals surface area contributed by atoms with Crippen LogP contribution in [0.15, 0.2) is 0 Å². The summed E-state index contributed by atoms with van der Waals surface area (Å²) in [5.74, 6) is 1.17. The minimum absolute atomic E-state index is 0.0107. The average Bonchev–Trinajstić information content (AvgIpc) is 3.10. The summed E-state index contributed by atoms with van der Waals surface area (Å²) in [6.07, 6.45) is 8.90. The van der Waals surface area contributed by atoms with Crippen LogP contribution in [0.25, 0.3) is 0 Å². The van der Waals surface area contributed by atoms with E-state index in [1.54, 1.807) is 12.0 Å². The van der Waals surface area contributed by atoms with E-state index in [2.05, 4.69) is 5.32 Å². The van der Waals surface area contributed by atoms with Gasteiger partial charge in [0, 0.05) is 19.7 Å². The summed E-state index contributed by atoms with van der Waals surface area (Å²) in [4.78, 5) is 26.3. The SMILES string of the molecule is COC1CC(NC(=O)C2CCCN2C(=O)CN)CC2CCCCC21. The maximum absolute atomic E-state index is 12.7. The van der Waals surface area contributed by atoms with Crippen LogP contribution >= 0.6 is 0 Å². The van der Waals surface area contributed by atoms with Gasteiger partial charge in [-0.3, -0.25) is 9.59 Å². The zero-order chi connectivity index (χ0) is 17.1. The minimum Gasteiger partial charge on any atom is -0.381 e. The summed E-state index contributed by atoms with van der Waals surface area (Å²) in [5.41, 5.74) is 5.47. The third-order valence-electron chi connectivity index (χ3n) is 6.25. The number of likely N-dealkylation sites (tertiary alicyclic amines) is 1. The summed E-state index contributed by atoms with van der Waals surface area (Å²) in [7, 11) is 1.79. The molecule has 5 atom stereocenters. The smallest absolute Gasteiger partial charge is 0.243 e. The van der Waals surface area contributed by atoms with Crippen molar-refractivity contribution in [1.29, 1.82) is 0 Å². The molecule has 0 bridgehead atoms. The molecule has 1 aliphatic heterocycles. The average molecular weight is 337 g/mol. The lowest BCUT2D eigenvalue weighted by atomic mass is 9.68. The van der Waals surface area contributed by atoms with Gasteiger partial charge in [0.1, 0.15) is 6.04 Å². The standard InChI is InChI=1S/C18H31N3O3/c1-24-16-10-13(9-12-5-2-3-6-14(12)16)20-18(23)15-7-4-8-21(15)17(22)11-19/h12-16H,2-11,19H2,1H3,(H,20,23). The summed E-state index contributed by atoms with van der Waals surface area (Å²) in [5, 5.41) is 3.21. The molecule has 0 spiro atoms. The predicted molar refractivity (Wildman–Crippen MR) is 91.2 cm³/mol. The lowest BCUT2D eigenvalue weighted by Gasteiger charge is -2.44. The van der Waals surface area contributed by atoms with Crippen LogP contribution in [-0.2, 0) is 14.3 Å². The number of carbonyl (C=O) groups excluding carboxylic acids is 2. The second-order valence-corrected chi connectivity index (χ2v) is 7.61. The number of fused-ring (bicyclic) bond motifs is 1. The van der Waals surface area contributed by atoms with Crippen LogP contribution in [-0.4, -0.2) is 55.1 Å². The van der Waals surface area contributed by atoms with Crippen molar-refractivity contribution in [2.24, 2.45) is 17.6 Å². The number of hydrogen-bond acceptors (Lipinski definition) is 4. The summed E-state index contributed by atoms with van der Waals surface area (Å²) >= 11 is 0. The Bertz CT molecular complexity index is 462. The Balaban J connectivity index is 1.60. The number of rotatable bonds is 4. The van der Waals surface area contributed by atoms with E-state index in [-0.39, 0.29) is 36.5 Å². The Morgan fingerprint density at radius 2 is 1.96 bits per heavy atom. The van der Waals surface area contributed by atoms with Crippen molar-refractivity contribution >= 4 is 11.8 Å². The maximum atomic E-state index is 12.7. The Hall–Kier alpha value is -1.14.